The lowest BCUT2D eigenvalue weighted by atomic mass is 10.0. The fourth-order valence-corrected chi connectivity index (χ4v) is 4.07. The van der Waals surface area contributed by atoms with Crippen LogP contribution in [0.25, 0.3) is 27.7 Å². The molecule has 4 aromatic rings. The van der Waals surface area contributed by atoms with Crippen molar-refractivity contribution in [2.45, 2.75) is 0 Å². The lowest BCUT2D eigenvalue weighted by Gasteiger charge is -2.12. The molecule has 0 radical (unpaired) electrons. The van der Waals surface area contributed by atoms with Crippen LogP contribution in [0.15, 0.2) is 59.5 Å². The number of hydrogen-bond acceptors (Lipinski definition) is 2. The average Bonchev–Trinajstić information content (AvgIpc) is 2.68. The van der Waals surface area contributed by atoms with E-state index in [2.05, 4.69) is 4.98 Å². The van der Waals surface area contributed by atoms with Gasteiger partial charge in [0.1, 0.15) is 17.8 Å². The highest BCUT2D eigenvalue weighted by molar-refractivity contribution is 6.37. The van der Waals surface area contributed by atoms with Crippen LogP contribution in [-0.2, 0) is 0 Å². The number of nitrogens with zero attached hydrogens (tertiary/aromatic N) is 1. The van der Waals surface area contributed by atoms with E-state index in [0.717, 1.165) is 0 Å². The molecule has 29 heavy (non-hydrogen) atoms. The fraction of sp³-hybridized carbons (Fsp3) is 0.0476. The maximum Gasteiger partial charge on any atom is 0.501 e. The zero-order valence-electron chi connectivity index (χ0n) is 15.0. The van der Waals surface area contributed by atoms with E-state index in [0.29, 0.717) is 43.5 Å². The minimum Gasteiger partial charge on any atom is -0.497 e. The van der Waals surface area contributed by atoms with Crippen molar-refractivity contribution in [3.63, 3.8) is 0 Å². The molecule has 0 atom stereocenters. The van der Waals surface area contributed by atoms with Gasteiger partial charge < -0.3 is 4.74 Å². The minimum absolute atomic E-state index is 0.230. The van der Waals surface area contributed by atoms with E-state index in [1.807, 2.05) is 0 Å². The highest BCUT2D eigenvalue weighted by Crippen LogP contribution is 2.36. The molecular weight excluding hydrogens is 438 g/mol. The van der Waals surface area contributed by atoms with Gasteiger partial charge in [-0.25, -0.2) is 9.37 Å². The molecule has 1 aromatic heterocycles. The van der Waals surface area contributed by atoms with E-state index < -0.39 is 11.5 Å². The number of para-hydroxylation sites is 1. The summed E-state index contributed by atoms with van der Waals surface area (Å²) < 4.78 is 20.4. The van der Waals surface area contributed by atoms with Gasteiger partial charge in [-0.2, -0.15) is 9.36 Å². The Morgan fingerprint density at radius 3 is 2.34 bits per heavy atom. The van der Waals surface area contributed by atoms with Gasteiger partial charge in [0.05, 0.1) is 27.6 Å². The van der Waals surface area contributed by atoms with Gasteiger partial charge in [0.15, 0.2) is 11.2 Å². The van der Waals surface area contributed by atoms with Crippen molar-refractivity contribution in [1.29, 1.82) is 0 Å². The van der Waals surface area contributed by atoms with Crippen molar-refractivity contribution >= 4 is 45.7 Å². The number of benzene rings is 3. The monoisotopic (exact) mass is 449 g/mol. The zero-order valence-corrected chi connectivity index (χ0v) is 17.2. The summed E-state index contributed by atoms with van der Waals surface area (Å²) in [5.74, 6) is 0.0349. The molecule has 8 heteroatoms. The number of hydrogen-bond donors (Lipinski definition) is 1. The van der Waals surface area contributed by atoms with Crippen LogP contribution < -0.4 is 15.0 Å². The summed E-state index contributed by atoms with van der Waals surface area (Å²) >= 11 is 19.0. The number of aromatic amines is 1. The van der Waals surface area contributed by atoms with Crippen LogP contribution in [0.2, 0.25) is 15.1 Å². The summed E-state index contributed by atoms with van der Waals surface area (Å²) in [7, 11) is 1.51. The van der Waals surface area contributed by atoms with Gasteiger partial charge in [0.25, 0.3) is 0 Å². The third-order valence-corrected chi connectivity index (χ3v) is 5.46. The van der Waals surface area contributed by atoms with Crippen molar-refractivity contribution in [2.24, 2.45) is 0 Å². The summed E-state index contributed by atoms with van der Waals surface area (Å²) in [6.45, 7) is 0. The number of rotatable bonds is 3. The minimum atomic E-state index is -0.447. The first-order valence-corrected chi connectivity index (χ1v) is 9.59. The molecule has 0 saturated heterocycles. The molecule has 1 heterocycles. The Hall–Kier alpha value is -2.60. The Kier molecular flexibility index (Phi) is 5.21. The summed E-state index contributed by atoms with van der Waals surface area (Å²) in [5, 5.41) is 1.50. The fourth-order valence-electron chi connectivity index (χ4n) is 3.23. The van der Waals surface area contributed by atoms with Gasteiger partial charge in [-0.15, -0.1) is 0 Å². The summed E-state index contributed by atoms with van der Waals surface area (Å²) in [4.78, 5) is 15.5. The van der Waals surface area contributed by atoms with E-state index in [1.165, 1.54) is 23.8 Å². The van der Waals surface area contributed by atoms with Crippen LogP contribution >= 0.6 is 34.8 Å². The molecule has 0 saturated carbocycles. The molecule has 0 aliphatic rings. The van der Waals surface area contributed by atoms with Crippen LogP contribution in [0.3, 0.4) is 0 Å². The molecule has 0 aliphatic carbocycles. The van der Waals surface area contributed by atoms with Crippen LogP contribution in [0.1, 0.15) is 0 Å². The Morgan fingerprint density at radius 2 is 1.69 bits per heavy atom. The molecule has 0 amide bonds. The molecule has 4 rings (SSSR count). The second-order valence-electron chi connectivity index (χ2n) is 6.23. The van der Waals surface area contributed by atoms with Gasteiger partial charge in [0, 0.05) is 17.2 Å². The first kappa shape index (κ1) is 19.7. The van der Waals surface area contributed by atoms with Gasteiger partial charge in [0.2, 0.25) is 0 Å². The normalized spacial score (nSPS) is 11.1. The number of ether oxygens (including phenoxy) is 1. The number of nitrogens with one attached hydrogen (secondary N) is 1. The second kappa shape index (κ2) is 7.67. The van der Waals surface area contributed by atoms with Crippen LogP contribution in [-0.4, -0.2) is 12.1 Å². The zero-order chi connectivity index (χ0) is 20.7. The number of halogens is 4. The molecule has 3 aromatic carbocycles. The first-order chi connectivity index (χ1) is 13.9. The summed E-state index contributed by atoms with van der Waals surface area (Å²) in [6.07, 6.45) is 1.56. The molecule has 1 N–H and O–H groups in total. The van der Waals surface area contributed by atoms with Gasteiger partial charge in [-0.05, 0) is 36.4 Å². The number of methoxy groups -OCH3 is 1. The SMILES string of the molecule is COc1cc(-c2ccc(F)cc2Cl)c2c[nH]c(=O)[n+](-c3c(Cl)cccc3Cl)c2c1. The Balaban J connectivity index is 2.16. The highest BCUT2D eigenvalue weighted by Gasteiger charge is 2.23. The Labute approximate surface area is 180 Å². The van der Waals surface area contributed by atoms with Crippen LogP contribution in [0, 0.1) is 5.82 Å². The topological polar surface area (TPSA) is 46.0 Å². The lowest BCUT2D eigenvalue weighted by Crippen LogP contribution is -2.50. The molecule has 146 valence electrons. The van der Waals surface area contributed by atoms with Crippen LogP contribution in [0.4, 0.5) is 4.39 Å². The van der Waals surface area contributed by atoms with Crippen molar-refractivity contribution in [3.8, 4) is 22.6 Å². The quantitative estimate of drug-likeness (QED) is 0.414. The van der Waals surface area contributed by atoms with Crippen molar-refractivity contribution in [3.05, 3.63) is 86.1 Å². The largest absolute Gasteiger partial charge is 0.501 e. The second-order valence-corrected chi connectivity index (χ2v) is 7.45. The molecule has 0 fully saturated rings. The van der Waals surface area contributed by atoms with E-state index in [1.54, 1.807) is 42.6 Å². The lowest BCUT2D eigenvalue weighted by molar-refractivity contribution is -0.586. The smallest absolute Gasteiger partial charge is 0.497 e. The average molecular weight is 451 g/mol. The predicted octanol–water partition coefficient (Wildman–Crippen LogP) is 5.58. The maximum atomic E-state index is 13.6. The molecular formula is C21H13Cl3FN2O2+. The maximum absolute atomic E-state index is 13.6. The molecule has 0 bridgehead atoms. The molecule has 0 spiro atoms. The third kappa shape index (κ3) is 3.46. The van der Waals surface area contributed by atoms with Gasteiger partial charge in [-0.1, -0.05) is 40.9 Å². The van der Waals surface area contributed by atoms with E-state index in [9.17, 15) is 9.18 Å². The van der Waals surface area contributed by atoms with Gasteiger partial charge in [-0.3, -0.25) is 0 Å². The standard InChI is InChI=1S/C21H12Cl3FN2O2/c1-29-12-8-14(13-6-5-11(25)7-18(13)24)15-10-26-21(28)27(19(15)9-12)20-16(22)3-2-4-17(20)23/h2-10H,1H3/p+1. The van der Waals surface area contributed by atoms with Crippen molar-refractivity contribution in [2.75, 3.05) is 7.11 Å². The van der Waals surface area contributed by atoms with E-state index in [-0.39, 0.29) is 5.02 Å². The highest BCUT2D eigenvalue weighted by atomic mass is 35.5. The molecule has 0 unspecified atom stereocenters. The Morgan fingerprint density at radius 1 is 0.966 bits per heavy atom. The van der Waals surface area contributed by atoms with E-state index >= 15 is 0 Å². The summed E-state index contributed by atoms with van der Waals surface area (Å²) in [5.41, 5.74) is 1.64. The number of aromatic nitrogens is 2. The van der Waals surface area contributed by atoms with Crippen molar-refractivity contribution < 1.29 is 13.7 Å². The molecule has 0 aliphatic heterocycles. The molecule has 4 nitrogen and oxygen atoms in total. The van der Waals surface area contributed by atoms with Gasteiger partial charge >= 0.3 is 5.69 Å². The van der Waals surface area contributed by atoms with Crippen molar-refractivity contribution in [1.82, 2.24) is 4.98 Å². The summed E-state index contributed by atoms with van der Waals surface area (Å²) in [6, 6.07) is 12.6. The van der Waals surface area contributed by atoms with Crippen LogP contribution in [0.5, 0.6) is 5.75 Å². The van der Waals surface area contributed by atoms with E-state index in [4.69, 9.17) is 39.5 Å². The Bertz CT molecular complexity index is 1300. The first-order valence-electron chi connectivity index (χ1n) is 8.46. The number of fused-ring (bicyclic) bond motifs is 1. The third-order valence-electron chi connectivity index (χ3n) is 4.53. The predicted molar refractivity (Wildman–Crippen MR) is 113 cm³/mol. The number of H-pyrrole nitrogens is 1.